The zero-order chi connectivity index (χ0) is 22.9. The minimum atomic E-state index is -4.69. The average Bonchev–Trinajstić information content (AvgIpc) is 2.72. The number of anilines is 1. The minimum absolute atomic E-state index is 0.00974. The van der Waals surface area contributed by atoms with Crippen molar-refractivity contribution in [1.82, 2.24) is 9.97 Å². The average molecular weight is 457 g/mol. The summed E-state index contributed by atoms with van der Waals surface area (Å²) in [7, 11) is 1.44. The lowest BCUT2D eigenvalue weighted by Crippen LogP contribution is -2.21. The van der Waals surface area contributed by atoms with Crippen molar-refractivity contribution in [2.75, 3.05) is 25.6 Å². The molecule has 0 saturated heterocycles. The van der Waals surface area contributed by atoms with Crippen LogP contribution in [0.4, 0.5) is 24.7 Å². The Morgan fingerprint density at radius 3 is 2.61 bits per heavy atom. The van der Waals surface area contributed by atoms with Crippen LogP contribution in [0.1, 0.15) is 11.1 Å². The molecule has 8 nitrogen and oxygen atoms in total. The molecule has 12 heteroatoms. The minimum Gasteiger partial charge on any atom is -0.475 e. The van der Waals surface area contributed by atoms with Crippen molar-refractivity contribution in [2.45, 2.75) is 12.7 Å². The van der Waals surface area contributed by atoms with Gasteiger partial charge in [0.2, 0.25) is 11.2 Å². The number of allylic oxidation sites excluding steroid dienone is 1. The van der Waals surface area contributed by atoms with Gasteiger partial charge in [0.1, 0.15) is 18.1 Å². The number of hydrogen-bond donors (Lipinski definition) is 3. The predicted octanol–water partition coefficient (Wildman–Crippen LogP) is 3.84. The summed E-state index contributed by atoms with van der Waals surface area (Å²) in [6, 6.07) is 6.67. The fourth-order valence-electron chi connectivity index (χ4n) is 2.17. The number of nitrogens with zero attached hydrogens (tertiary/aromatic N) is 3. The van der Waals surface area contributed by atoms with Gasteiger partial charge in [-0.1, -0.05) is 12.1 Å². The van der Waals surface area contributed by atoms with E-state index in [2.05, 4.69) is 20.3 Å². The maximum absolute atomic E-state index is 12.7. The summed E-state index contributed by atoms with van der Waals surface area (Å²) in [5.41, 5.74) is 5.41. The Morgan fingerprint density at radius 1 is 1.29 bits per heavy atom. The van der Waals surface area contributed by atoms with Crippen LogP contribution in [0.25, 0.3) is 0 Å². The lowest BCUT2D eigenvalue weighted by Gasteiger charge is -2.10. The molecule has 0 aliphatic heterocycles. The van der Waals surface area contributed by atoms with Crippen LogP contribution in [-0.2, 0) is 16.0 Å². The molecule has 0 amide bonds. The number of nitrogens with two attached hydrogens (primary N) is 1. The summed E-state index contributed by atoms with van der Waals surface area (Å²) >= 11 is 5.78. The number of hydrogen-bond acceptors (Lipinski definition) is 8. The monoisotopic (exact) mass is 456 g/mol. The molecule has 0 aliphatic carbocycles. The van der Waals surface area contributed by atoms with E-state index in [0.717, 1.165) is 11.8 Å². The van der Waals surface area contributed by atoms with Gasteiger partial charge in [-0.25, -0.2) is 15.0 Å². The van der Waals surface area contributed by atoms with Crippen LogP contribution in [0.2, 0.25) is 5.28 Å². The van der Waals surface area contributed by atoms with Crippen LogP contribution in [0, 0.1) is 5.41 Å². The van der Waals surface area contributed by atoms with Gasteiger partial charge in [0.05, 0.1) is 17.9 Å². The summed E-state index contributed by atoms with van der Waals surface area (Å²) < 4.78 is 48.2. The van der Waals surface area contributed by atoms with Gasteiger partial charge >= 0.3 is 6.18 Å². The van der Waals surface area contributed by atoms with E-state index in [9.17, 15) is 13.2 Å². The first-order chi connectivity index (χ1) is 14.7. The van der Waals surface area contributed by atoms with E-state index in [4.69, 9.17) is 32.2 Å². The number of alkyl halides is 3. The van der Waals surface area contributed by atoms with E-state index in [1.807, 2.05) is 0 Å². The third kappa shape index (κ3) is 7.87. The quantitative estimate of drug-likeness (QED) is 0.228. The van der Waals surface area contributed by atoms with Crippen LogP contribution in [0.5, 0.6) is 0 Å². The molecular weight excluding hydrogens is 437 g/mol. The third-order valence-corrected chi connectivity index (χ3v) is 3.90. The van der Waals surface area contributed by atoms with Crippen LogP contribution >= 0.6 is 11.6 Å². The Kier molecular flexibility index (Phi) is 8.76. The molecule has 1 heterocycles. The van der Waals surface area contributed by atoms with Crippen molar-refractivity contribution >= 4 is 35.2 Å². The van der Waals surface area contributed by atoms with Gasteiger partial charge in [0.15, 0.2) is 0 Å². The van der Waals surface area contributed by atoms with Gasteiger partial charge in [0.25, 0.3) is 0 Å². The zero-order valence-corrected chi connectivity index (χ0v) is 17.2. The summed E-state index contributed by atoms with van der Waals surface area (Å²) in [5.74, 6) is 0.114. The zero-order valence-electron chi connectivity index (χ0n) is 16.4. The second-order valence-electron chi connectivity index (χ2n) is 6.00. The summed E-state index contributed by atoms with van der Waals surface area (Å²) in [6.45, 7) is 0.542. The van der Waals surface area contributed by atoms with Crippen LogP contribution < -0.4 is 11.1 Å². The van der Waals surface area contributed by atoms with Crippen molar-refractivity contribution < 1.29 is 22.6 Å². The number of aromatic nitrogens is 2. The first-order valence-corrected chi connectivity index (χ1v) is 9.21. The Hall–Kier alpha value is -3.18. The lowest BCUT2D eigenvalue weighted by atomic mass is 10.2. The van der Waals surface area contributed by atoms with E-state index in [-0.39, 0.29) is 24.4 Å². The fourth-order valence-corrected chi connectivity index (χ4v) is 2.30. The molecule has 0 fully saturated rings. The SMILES string of the molecule is COCCOC(/C=C(\N)C(F)(F)F)=Nc1ccc(CNc2nc(Cl)ncc2C=N)cc1. The van der Waals surface area contributed by atoms with Gasteiger partial charge < -0.3 is 25.9 Å². The molecule has 0 aliphatic rings. The molecule has 1 aromatic heterocycles. The molecule has 2 rings (SSSR count). The topological polar surface area (TPSA) is 118 Å². The number of halogens is 4. The molecule has 2 aromatic rings. The fraction of sp³-hybridized carbons (Fsp3) is 0.263. The van der Waals surface area contributed by atoms with E-state index in [0.29, 0.717) is 29.7 Å². The first-order valence-electron chi connectivity index (χ1n) is 8.83. The number of methoxy groups -OCH3 is 1. The highest BCUT2D eigenvalue weighted by Crippen LogP contribution is 2.22. The molecule has 0 unspecified atom stereocenters. The van der Waals surface area contributed by atoms with E-state index < -0.39 is 11.9 Å². The van der Waals surface area contributed by atoms with Crippen LogP contribution in [0.15, 0.2) is 47.2 Å². The number of nitrogens with one attached hydrogen (secondary N) is 2. The van der Waals surface area contributed by atoms with Gasteiger partial charge in [-0.3, -0.25) is 0 Å². The molecule has 166 valence electrons. The molecule has 31 heavy (non-hydrogen) atoms. The van der Waals surface area contributed by atoms with Gasteiger partial charge in [-0.15, -0.1) is 0 Å². The largest absolute Gasteiger partial charge is 0.475 e. The van der Waals surface area contributed by atoms with Crippen molar-refractivity contribution in [3.63, 3.8) is 0 Å². The maximum Gasteiger partial charge on any atom is 0.430 e. The van der Waals surface area contributed by atoms with Crippen molar-refractivity contribution in [3.05, 3.63) is 58.6 Å². The van der Waals surface area contributed by atoms with Crippen LogP contribution in [-0.4, -0.2) is 48.6 Å². The van der Waals surface area contributed by atoms with Gasteiger partial charge in [-0.05, 0) is 29.3 Å². The molecule has 0 spiro atoms. The molecule has 0 bridgehead atoms. The standard InChI is InChI=1S/C19H20ClF3N6O2/c1-30-6-7-31-16(8-15(25)19(21,22)23)28-14-4-2-12(3-5-14)10-26-17-13(9-24)11-27-18(20)29-17/h2-5,8-9,11,24H,6-7,10,25H2,1H3,(H,26,27,29)/b15-8-,24-9?,28-16?. The molecule has 1 aromatic carbocycles. The predicted molar refractivity (Wildman–Crippen MR) is 112 cm³/mol. The van der Waals surface area contributed by atoms with Crippen LogP contribution in [0.3, 0.4) is 0 Å². The van der Waals surface area contributed by atoms with Gasteiger partial charge in [0, 0.05) is 32.1 Å². The normalized spacial score (nSPS) is 12.5. The molecular formula is C19H20ClF3N6O2. The van der Waals surface area contributed by atoms with E-state index >= 15 is 0 Å². The Labute approximate surface area is 181 Å². The molecule has 4 N–H and O–H groups in total. The highest BCUT2D eigenvalue weighted by Gasteiger charge is 2.32. The molecule has 0 radical (unpaired) electrons. The summed E-state index contributed by atoms with van der Waals surface area (Å²) in [4.78, 5) is 11.9. The number of ether oxygens (including phenoxy) is 2. The Balaban J connectivity index is 2.14. The van der Waals surface area contributed by atoms with Crippen molar-refractivity contribution in [1.29, 1.82) is 5.41 Å². The molecule has 0 saturated carbocycles. The number of aliphatic imine (C=N–C) groups is 1. The van der Waals surface area contributed by atoms with Crippen molar-refractivity contribution in [3.8, 4) is 0 Å². The molecule has 0 atom stereocenters. The summed E-state index contributed by atoms with van der Waals surface area (Å²) in [5, 5.41) is 10.5. The third-order valence-electron chi connectivity index (χ3n) is 3.72. The highest BCUT2D eigenvalue weighted by atomic mass is 35.5. The maximum atomic E-state index is 12.7. The Bertz CT molecular complexity index is 949. The highest BCUT2D eigenvalue weighted by molar-refractivity contribution is 6.28. The number of rotatable bonds is 9. The van der Waals surface area contributed by atoms with Gasteiger partial charge in [-0.2, -0.15) is 13.2 Å². The number of benzene rings is 1. The second-order valence-corrected chi connectivity index (χ2v) is 6.33. The summed E-state index contributed by atoms with van der Waals surface area (Å²) in [6.07, 6.45) is -1.54. The first kappa shape index (κ1) is 24.1. The lowest BCUT2D eigenvalue weighted by molar-refractivity contribution is -0.0926. The van der Waals surface area contributed by atoms with E-state index in [1.165, 1.54) is 13.3 Å². The Morgan fingerprint density at radius 2 is 2.00 bits per heavy atom. The van der Waals surface area contributed by atoms with E-state index in [1.54, 1.807) is 24.3 Å². The van der Waals surface area contributed by atoms with Crippen molar-refractivity contribution in [2.24, 2.45) is 10.7 Å². The smallest absolute Gasteiger partial charge is 0.430 e. The second kappa shape index (κ2) is 11.3.